The Balaban J connectivity index is 3.09. The van der Waals surface area contributed by atoms with Crippen molar-refractivity contribution in [2.24, 2.45) is 5.73 Å². The Morgan fingerprint density at radius 2 is 2.00 bits per heavy atom. The molecule has 0 atom stereocenters. The summed E-state index contributed by atoms with van der Waals surface area (Å²) in [5.74, 6) is -1.10. The molecule has 0 fully saturated rings. The first-order chi connectivity index (χ1) is 7.32. The van der Waals surface area contributed by atoms with Crippen molar-refractivity contribution in [3.8, 4) is 0 Å². The molecule has 0 saturated heterocycles. The lowest BCUT2D eigenvalue weighted by Gasteiger charge is -2.12. The number of alkyl halides is 3. The number of hydrogen-bond acceptors (Lipinski definition) is 2. The summed E-state index contributed by atoms with van der Waals surface area (Å²) in [6, 6.07) is 2.46. The van der Waals surface area contributed by atoms with Gasteiger partial charge in [0.2, 0.25) is 0 Å². The van der Waals surface area contributed by atoms with Crippen LogP contribution in [0.5, 0.6) is 0 Å². The molecule has 0 bridgehead atoms. The van der Waals surface area contributed by atoms with Gasteiger partial charge in [0.15, 0.2) is 0 Å². The number of amides is 1. The van der Waals surface area contributed by atoms with Crippen LogP contribution >= 0.6 is 0 Å². The van der Waals surface area contributed by atoms with Crippen LogP contribution in [0.4, 0.5) is 22.4 Å². The van der Waals surface area contributed by atoms with Crippen LogP contribution in [0.2, 0.25) is 0 Å². The molecule has 0 unspecified atom stereocenters. The summed E-state index contributed by atoms with van der Waals surface area (Å²) >= 11 is 0. The van der Waals surface area contributed by atoms with Crippen molar-refractivity contribution in [2.75, 3.05) is 0 Å². The Labute approximate surface area is 87.8 Å². The molecule has 7 heteroatoms. The third-order valence-corrected chi connectivity index (χ3v) is 1.78. The minimum Gasteiger partial charge on any atom is -0.445 e. The first-order valence-corrected chi connectivity index (χ1v) is 4.09. The number of primary amides is 1. The molecule has 0 spiro atoms. The second-order valence-corrected chi connectivity index (χ2v) is 2.87. The molecule has 0 aliphatic heterocycles. The highest BCUT2D eigenvalue weighted by Crippen LogP contribution is 2.33. The number of benzene rings is 1. The van der Waals surface area contributed by atoms with E-state index in [9.17, 15) is 22.4 Å². The quantitative estimate of drug-likeness (QED) is 0.803. The highest BCUT2D eigenvalue weighted by molar-refractivity contribution is 5.64. The summed E-state index contributed by atoms with van der Waals surface area (Å²) in [7, 11) is 0. The monoisotopic (exact) mass is 237 g/mol. The lowest BCUT2D eigenvalue weighted by atomic mass is 10.1. The molecule has 0 aliphatic rings. The van der Waals surface area contributed by atoms with E-state index < -0.39 is 35.8 Å². The van der Waals surface area contributed by atoms with Crippen LogP contribution in [0.1, 0.15) is 11.1 Å². The Morgan fingerprint density at radius 3 is 2.50 bits per heavy atom. The van der Waals surface area contributed by atoms with Crippen LogP contribution < -0.4 is 5.73 Å². The number of halogens is 4. The molecule has 1 amide bonds. The van der Waals surface area contributed by atoms with E-state index in [1.165, 1.54) is 0 Å². The minimum absolute atomic E-state index is 0.697. The predicted molar refractivity (Wildman–Crippen MR) is 45.8 cm³/mol. The predicted octanol–water partition coefficient (Wildman–Crippen LogP) is 2.44. The highest BCUT2D eigenvalue weighted by atomic mass is 19.4. The van der Waals surface area contributed by atoms with Crippen molar-refractivity contribution in [2.45, 2.75) is 12.8 Å². The summed E-state index contributed by atoms with van der Waals surface area (Å²) in [5.41, 5.74) is 2.66. The maximum Gasteiger partial charge on any atom is 0.416 e. The van der Waals surface area contributed by atoms with Crippen molar-refractivity contribution < 1.29 is 27.1 Å². The average molecular weight is 237 g/mol. The molecular formula is C9H7F4NO2. The Bertz CT molecular complexity index is 403. The van der Waals surface area contributed by atoms with Gasteiger partial charge in [0.1, 0.15) is 12.4 Å². The molecule has 3 nitrogen and oxygen atoms in total. The minimum atomic E-state index is -4.71. The maximum atomic E-state index is 13.1. The van der Waals surface area contributed by atoms with E-state index in [0.717, 1.165) is 12.1 Å². The van der Waals surface area contributed by atoms with E-state index in [0.29, 0.717) is 6.07 Å². The van der Waals surface area contributed by atoms with Crippen molar-refractivity contribution in [1.82, 2.24) is 0 Å². The number of ether oxygens (including phenoxy) is 1. The third kappa shape index (κ3) is 2.85. The van der Waals surface area contributed by atoms with Crippen molar-refractivity contribution >= 4 is 6.09 Å². The highest BCUT2D eigenvalue weighted by Gasteiger charge is 2.34. The zero-order chi connectivity index (χ0) is 12.3. The summed E-state index contributed by atoms with van der Waals surface area (Å²) in [4.78, 5) is 10.2. The SMILES string of the molecule is NC(=O)OCc1c(F)cccc1C(F)(F)F. The molecule has 2 N–H and O–H groups in total. The molecule has 1 aromatic carbocycles. The van der Waals surface area contributed by atoms with Crippen LogP contribution in [0, 0.1) is 5.82 Å². The first kappa shape index (κ1) is 12.3. The summed E-state index contributed by atoms with van der Waals surface area (Å²) in [6.45, 7) is -0.850. The molecular weight excluding hydrogens is 230 g/mol. The molecule has 1 rings (SSSR count). The zero-order valence-electron chi connectivity index (χ0n) is 7.84. The maximum absolute atomic E-state index is 13.1. The van der Waals surface area contributed by atoms with E-state index in [1.54, 1.807) is 0 Å². The summed E-state index contributed by atoms with van der Waals surface area (Å²) < 4.78 is 54.5. The molecule has 0 heterocycles. The normalized spacial score (nSPS) is 11.2. The van der Waals surface area contributed by atoms with Crippen LogP contribution in [0.3, 0.4) is 0 Å². The van der Waals surface area contributed by atoms with Crippen LogP contribution in [0.15, 0.2) is 18.2 Å². The van der Waals surface area contributed by atoms with E-state index in [2.05, 4.69) is 10.5 Å². The summed E-state index contributed by atoms with van der Waals surface area (Å²) in [5, 5.41) is 0. The first-order valence-electron chi connectivity index (χ1n) is 4.09. The summed E-state index contributed by atoms with van der Waals surface area (Å²) in [6.07, 6.45) is -5.98. The lowest BCUT2D eigenvalue weighted by molar-refractivity contribution is -0.138. The molecule has 1 aromatic rings. The van der Waals surface area contributed by atoms with Gasteiger partial charge in [-0.1, -0.05) is 6.07 Å². The van der Waals surface area contributed by atoms with E-state index in [1.807, 2.05) is 0 Å². The van der Waals surface area contributed by atoms with Gasteiger partial charge in [-0.25, -0.2) is 9.18 Å². The van der Waals surface area contributed by atoms with Crippen LogP contribution in [0.25, 0.3) is 0 Å². The third-order valence-electron chi connectivity index (χ3n) is 1.78. The fraction of sp³-hybridized carbons (Fsp3) is 0.222. The fourth-order valence-electron chi connectivity index (χ4n) is 1.11. The number of rotatable bonds is 2. The smallest absolute Gasteiger partial charge is 0.416 e. The van der Waals surface area contributed by atoms with Crippen LogP contribution in [-0.4, -0.2) is 6.09 Å². The number of nitrogens with two attached hydrogens (primary N) is 1. The van der Waals surface area contributed by atoms with E-state index in [4.69, 9.17) is 0 Å². The van der Waals surface area contributed by atoms with Gasteiger partial charge in [-0.05, 0) is 12.1 Å². The van der Waals surface area contributed by atoms with Gasteiger partial charge in [0.25, 0.3) is 0 Å². The van der Waals surface area contributed by atoms with Gasteiger partial charge in [-0.2, -0.15) is 13.2 Å². The van der Waals surface area contributed by atoms with Crippen molar-refractivity contribution in [1.29, 1.82) is 0 Å². The van der Waals surface area contributed by atoms with Crippen molar-refractivity contribution in [3.05, 3.63) is 35.1 Å². The molecule has 16 heavy (non-hydrogen) atoms. The van der Waals surface area contributed by atoms with E-state index in [-0.39, 0.29) is 0 Å². The standard InChI is InChI=1S/C9H7F4NO2/c10-7-3-1-2-6(9(11,12)13)5(7)4-16-8(14)15/h1-3H,4H2,(H2,14,15). The Hall–Kier alpha value is -1.79. The molecule has 0 aromatic heterocycles. The van der Waals surface area contributed by atoms with E-state index >= 15 is 0 Å². The van der Waals surface area contributed by atoms with Gasteiger partial charge in [0, 0.05) is 5.56 Å². The molecule has 0 aliphatic carbocycles. The number of carbonyl (C=O) groups excluding carboxylic acids is 1. The van der Waals surface area contributed by atoms with Crippen LogP contribution in [-0.2, 0) is 17.5 Å². The average Bonchev–Trinajstić information content (AvgIpc) is 2.13. The second-order valence-electron chi connectivity index (χ2n) is 2.87. The fourth-order valence-corrected chi connectivity index (χ4v) is 1.11. The largest absolute Gasteiger partial charge is 0.445 e. The molecule has 0 radical (unpaired) electrons. The van der Waals surface area contributed by atoms with Crippen molar-refractivity contribution in [3.63, 3.8) is 0 Å². The van der Waals surface area contributed by atoms with Gasteiger partial charge in [0.05, 0.1) is 5.56 Å². The molecule has 0 saturated carbocycles. The lowest BCUT2D eigenvalue weighted by Crippen LogP contribution is -2.16. The number of hydrogen-bond donors (Lipinski definition) is 1. The second kappa shape index (κ2) is 4.38. The Morgan fingerprint density at radius 1 is 1.38 bits per heavy atom. The van der Waals surface area contributed by atoms with Gasteiger partial charge in [-0.3, -0.25) is 0 Å². The van der Waals surface area contributed by atoms with Gasteiger partial charge >= 0.3 is 12.3 Å². The van der Waals surface area contributed by atoms with Gasteiger partial charge < -0.3 is 10.5 Å². The zero-order valence-corrected chi connectivity index (χ0v) is 7.84. The molecule has 88 valence electrons. The topological polar surface area (TPSA) is 52.3 Å². The Kier molecular flexibility index (Phi) is 3.36. The van der Waals surface area contributed by atoms with Gasteiger partial charge in [-0.15, -0.1) is 0 Å². The number of carbonyl (C=O) groups is 1.